The van der Waals surface area contributed by atoms with Crippen molar-refractivity contribution in [2.45, 2.75) is 38.6 Å². The van der Waals surface area contributed by atoms with Crippen LogP contribution in [0.1, 0.15) is 41.6 Å². The minimum atomic E-state index is 0. The van der Waals surface area contributed by atoms with Crippen molar-refractivity contribution < 1.29 is 14.6 Å². The lowest BCUT2D eigenvalue weighted by molar-refractivity contribution is 0.225. The molecular weight excluding hydrogens is 362 g/mol. The number of aromatic hydroxyl groups is 1. The fraction of sp³-hybridized carbons (Fsp3) is 0.455. The topological polar surface area (TPSA) is 41.9 Å². The summed E-state index contributed by atoms with van der Waals surface area (Å²) in [6, 6.07) is 10.3. The Morgan fingerprint density at radius 2 is 1.78 bits per heavy atom. The van der Waals surface area contributed by atoms with Gasteiger partial charge in [0.1, 0.15) is 17.2 Å². The molecular formula is C22H30ClNO3. The monoisotopic (exact) mass is 391 g/mol. The van der Waals surface area contributed by atoms with Crippen molar-refractivity contribution >= 4 is 12.4 Å². The summed E-state index contributed by atoms with van der Waals surface area (Å²) in [5.41, 5.74) is 4.60. The number of phenols is 1. The van der Waals surface area contributed by atoms with Gasteiger partial charge in [-0.1, -0.05) is 25.5 Å². The summed E-state index contributed by atoms with van der Waals surface area (Å²) >= 11 is 0. The third-order valence-corrected chi connectivity index (χ3v) is 5.41. The maximum absolute atomic E-state index is 10.2. The Bertz CT molecular complexity index is 778. The predicted octanol–water partition coefficient (Wildman–Crippen LogP) is 4.56. The summed E-state index contributed by atoms with van der Waals surface area (Å²) in [7, 11) is 5.60. The molecule has 0 aliphatic carbocycles. The number of hydrogen-bond donors (Lipinski definition) is 1. The molecule has 1 heterocycles. The highest BCUT2D eigenvalue weighted by molar-refractivity contribution is 5.85. The van der Waals surface area contributed by atoms with E-state index in [4.69, 9.17) is 9.47 Å². The van der Waals surface area contributed by atoms with E-state index in [1.54, 1.807) is 20.3 Å². The zero-order chi connectivity index (χ0) is 18.7. The summed E-state index contributed by atoms with van der Waals surface area (Å²) in [6.45, 7) is 3.10. The Balaban J connectivity index is 0.00000261. The number of hydrogen-bond acceptors (Lipinski definition) is 4. The molecule has 0 saturated heterocycles. The molecule has 1 N–H and O–H groups in total. The first-order valence-corrected chi connectivity index (χ1v) is 9.33. The van der Waals surface area contributed by atoms with Gasteiger partial charge in [-0.05, 0) is 66.8 Å². The zero-order valence-electron chi connectivity index (χ0n) is 16.6. The molecule has 2 aromatic rings. The van der Waals surface area contributed by atoms with Crippen LogP contribution in [-0.2, 0) is 19.3 Å². The second-order valence-electron chi connectivity index (χ2n) is 7.02. The summed E-state index contributed by atoms with van der Waals surface area (Å²) in [5.74, 6) is 2.25. The summed E-state index contributed by atoms with van der Waals surface area (Å²) in [5, 5.41) is 10.2. The number of nitrogens with zero attached hydrogens (tertiary/aromatic N) is 1. The standard InChI is InChI=1S/C22H29NO3.ClH/c1-5-7-15-13-22(26-4)16(14-21(15)25-3)12-19-17-8-6-9-20(24)18(17)10-11-23(19)2;/h6,8-9,13-14,19,24H,5,7,10-12H2,1-4H3;1H. The lowest BCUT2D eigenvalue weighted by Crippen LogP contribution is -2.33. The number of halogens is 1. The molecule has 0 amide bonds. The van der Waals surface area contributed by atoms with Gasteiger partial charge in [-0.15, -0.1) is 12.4 Å². The van der Waals surface area contributed by atoms with E-state index in [0.717, 1.165) is 54.9 Å². The van der Waals surface area contributed by atoms with Crippen LogP contribution in [-0.4, -0.2) is 37.8 Å². The van der Waals surface area contributed by atoms with Gasteiger partial charge in [-0.2, -0.15) is 0 Å². The van der Waals surface area contributed by atoms with E-state index in [-0.39, 0.29) is 18.4 Å². The van der Waals surface area contributed by atoms with Crippen LogP contribution in [0.4, 0.5) is 0 Å². The molecule has 2 aromatic carbocycles. The Morgan fingerprint density at radius 1 is 1.11 bits per heavy atom. The Hall–Kier alpha value is -1.91. The quantitative estimate of drug-likeness (QED) is 0.784. The lowest BCUT2D eigenvalue weighted by Gasteiger charge is -2.35. The van der Waals surface area contributed by atoms with Gasteiger partial charge >= 0.3 is 0 Å². The van der Waals surface area contributed by atoms with E-state index in [1.165, 1.54) is 11.1 Å². The highest BCUT2D eigenvalue weighted by atomic mass is 35.5. The number of benzene rings is 2. The van der Waals surface area contributed by atoms with Crippen molar-refractivity contribution in [3.63, 3.8) is 0 Å². The van der Waals surface area contributed by atoms with Crippen molar-refractivity contribution in [2.24, 2.45) is 0 Å². The van der Waals surface area contributed by atoms with Crippen LogP contribution in [0.3, 0.4) is 0 Å². The van der Waals surface area contributed by atoms with E-state index < -0.39 is 0 Å². The zero-order valence-corrected chi connectivity index (χ0v) is 17.4. The van der Waals surface area contributed by atoms with E-state index in [1.807, 2.05) is 6.07 Å². The maximum Gasteiger partial charge on any atom is 0.122 e. The van der Waals surface area contributed by atoms with Gasteiger partial charge in [0.15, 0.2) is 0 Å². The van der Waals surface area contributed by atoms with Gasteiger partial charge in [-0.3, -0.25) is 4.90 Å². The maximum atomic E-state index is 10.2. The van der Waals surface area contributed by atoms with Crippen molar-refractivity contribution in [1.82, 2.24) is 4.90 Å². The number of rotatable bonds is 6. The van der Waals surface area contributed by atoms with E-state index >= 15 is 0 Å². The third kappa shape index (κ3) is 4.33. The molecule has 1 atom stereocenters. The number of phenolic OH excluding ortho intramolecular Hbond substituents is 1. The lowest BCUT2D eigenvalue weighted by atomic mass is 9.88. The summed E-state index contributed by atoms with van der Waals surface area (Å²) in [6.07, 6.45) is 3.74. The Labute approximate surface area is 168 Å². The van der Waals surface area contributed by atoms with Crippen LogP contribution in [0.25, 0.3) is 0 Å². The minimum Gasteiger partial charge on any atom is -0.508 e. The largest absolute Gasteiger partial charge is 0.508 e. The van der Waals surface area contributed by atoms with Crippen LogP contribution in [0, 0.1) is 0 Å². The van der Waals surface area contributed by atoms with Crippen LogP contribution >= 0.6 is 12.4 Å². The molecule has 0 aromatic heterocycles. The molecule has 27 heavy (non-hydrogen) atoms. The van der Waals surface area contributed by atoms with Crippen LogP contribution in [0.5, 0.6) is 17.2 Å². The summed E-state index contributed by atoms with van der Waals surface area (Å²) < 4.78 is 11.3. The molecule has 5 heteroatoms. The molecule has 0 spiro atoms. The molecule has 1 unspecified atom stereocenters. The van der Waals surface area contributed by atoms with Gasteiger partial charge in [0.2, 0.25) is 0 Å². The van der Waals surface area contributed by atoms with Gasteiger partial charge in [0.25, 0.3) is 0 Å². The number of methoxy groups -OCH3 is 2. The first-order chi connectivity index (χ1) is 12.6. The van der Waals surface area contributed by atoms with E-state index in [2.05, 4.69) is 37.1 Å². The van der Waals surface area contributed by atoms with Gasteiger partial charge in [-0.25, -0.2) is 0 Å². The molecule has 0 bridgehead atoms. The second-order valence-corrected chi connectivity index (χ2v) is 7.02. The average Bonchev–Trinajstić information content (AvgIpc) is 2.65. The van der Waals surface area contributed by atoms with E-state index in [0.29, 0.717) is 5.75 Å². The Kier molecular flexibility index (Phi) is 7.40. The number of likely N-dealkylation sites (N-methyl/N-ethyl adjacent to an activating group) is 1. The highest BCUT2D eigenvalue weighted by Gasteiger charge is 2.28. The third-order valence-electron chi connectivity index (χ3n) is 5.41. The van der Waals surface area contributed by atoms with Crippen LogP contribution in [0.15, 0.2) is 30.3 Å². The fourth-order valence-electron chi connectivity index (χ4n) is 3.98. The predicted molar refractivity (Wildman–Crippen MR) is 112 cm³/mol. The minimum absolute atomic E-state index is 0. The van der Waals surface area contributed by atoms with Crippen LogP contribution in [0.2, 0.25) is 0 Å². The molecule has 0 fully saturated rings. The van der Waals surface area contributed by atoms with Gasteiger partial charge < -0.3 is 14.6 Å². The van der Waals surface area contributed by atoms with Gasteiger partial charge in [0, 0.05) is 12.6 Å². The number of aryl methyl sites for hydroxylation is 1. The first-order valence-electron chi connectivity index (χ1n) is 9.33. The molecule has 1 aliphatic rings. The molecule has 3 rings (SSSR count). The summed E-state index contributed by atoms with van der Waals surface area (Å²) in [4.78, 5) is 2.35. The normalized spacial score (nSPS) is 16.4. The molecule has 0 saturated carbocycles. The SMILES string of the molecule is CCCc1cc(OC)c(CC2c3cccc(O)c3CCN2C)cc1OC.Cl. The van der Waals surface area contributed by atoms with Crippen molar-refractivity contribution in [3.8, 4) is 17.2 Å². The van der Waals surface area contributed by atoms with Gasteiger partial charge in [0.05, 0.1) is 14.2 Å². The second kappa shape index (κ2) is 9.34. The molecule has 1 aliphatic heterocycles. The molecule has 148 valence electrons. The van der Waals surface area contributed by atoms with Crippen molar-refractivity contribution in [1.29, 1.82) is 0 Å². The molecule has 0 radical (unpaired) electrons. The molecule has 4 nitrogen and oxygen atoms in total. The van der Waals surface area contributed by atoms with E-state index in [9.17, 15) is 5.11 Å². The van der Waals surface area contributed by atoms with Crippen molar-refractivity contribution in [3.05, 3.63) is 52.6 Å². The first kappa shape index (κ1) is 21.4. The Morgan fingerprint density at radius 3 is 2.44 bits per heavy atom. The number of ether oxygens (including phenoxy) is 2. The fourth-order valence-corrected chi connectivity index (χ4v) is 3.98. The van der Waals surface area contributed by atoms with Crippen LogP contribution < -0.4 is 9.47 Å². The smallest absolute Gasteiger partial charge is 0.122 e. The average molecular weight is 392 g/mol. The number of fused-ring (bicyclic) bond motifs is 1. The highest BCUT2D eigenvalue weighted by Crippen LogP contribution is 2.38. The van der Waals surface area contributed by atoms with Crippen molar-refractivity contribution in [2.75, 3.05) is 27.8 Å².